The quantitative estimate of drug-likeness (QED) is 0.820. The Morgan fingerprint density at radius 3 is 2.54 bits per heavy atom. The largest absolute Gasteiger partial charge is 0.354 e. The van der Waals surface area contributed by atoms with Gasteiger partial charge in [0.2, 0.25) is 5.91 Å². The van der Waals surface area contributed by atoms with Crippen molar-refractivity contribution in [3.05, 3.63) is 30.3 Å². The fourth-order valence-electron chi connectivity index (χ4n) is 3.93. The van der Waals surface area contributed by atoms with Crippen molar-refractivity contribution in [3.8, 4) is 0 Å². The van der Waals surface area contributed by atoms with Crippen molar-refractivity contribution in [2.75, 3.05) is 6.54 Å². The summed E-state index contributed by atoms with van der Waals surface area (Å²) in [6, 6.07) is 10.8. The second-order valence-corrected chi connectivity index (χ2v) is 8.69. The number of nitrogens with one attached hydrogen (secondary N) is 1. The molecule has 134 valence electrons. The van der Waals surface area contributed by atoms with E-state index >= 15 is 0 Å². The van der Waals surface area contributed by atoms with Crippen molar-refractivity contribution in [3.63, 3.8) is 0 Å². The van der Waals surface area contributed by atoms with Gasteiger partial charge >= 0.3 is 0 Å². The first-order valence-corrected chi connectivity index (χ1v) is 9.76. The molecule has 0 aromatic heterocycles. The highest BCUT2D eigenvalue weighted by Gasteiger charge is 2.36. The Kier molecular flexibility index (Phi) is 7.45. The van der Waals surface area contributed by atoms with Gasteiger partial charge in [-0.05, 0) is 44.2 Å². The molecule has 3 N–H and O–H groups in total. The van der Waals surface area contributed by atoms with Crippen LogP contribution in [0.4, 0.5) is 0 Å². The minimum atomic E-state index is 0. The minimum Gasteiger partial charge on any atom is -0.354 e. The van der Waals surface area contributed by atoms with Gasteiger partial charge in [0.05, 0.1) is 0 Å². The van der Waals surface area contributed by atoms with Gasteiger partial charge in [0.15, 0.2) is 0 Å². The Balaban J connectivity index is 0.00000208. The monoisotopic (exact) mass is 368 g/mol. The molecule has 0 aliphatic heterocycles. The van der Waals surface area contributed by atoms with Gasteiger partial charge in [-0.3, -0.25) is 4.79 Å². The summed E-state index contributed by atoms with van der Waals surface area (Å²) in [4.78, 5) is 13.8. The number of amides is 1. The predicted octanol–water partition coefficient (Wildman–Crippen LogP) is 4.15. The molecule has 0 heterocycles. The van der Waals surface area contributed by atoms with E-state index in [0.29, 0.717) is 0 Å². The van der Waals surface area contributed by atoms with Crippen LogP contribution in [0.5, 0.6) is 0 Å². The van der Waals surface area contributed by atoms with Gasteiger partial charge in [-0.2, -0.15) is 0 Å². The highest BCUT2D eigenvalue weighted by Crippen LogP contribution is 2.44. The van der Waals surface area contributed by atoms with Gasteiger partial charge in [0, 0.05) is 28.1 Å². The van der Waals surface area contributed by atoms with Crippen LogP contribution in [0.15, 0.2) is 35.2 Å². The smallest absolute Gasteiger partial charge is 0.223 e. The lowest BCUT2D eigenvalue weighted by atomic mass is 9.85. The van der Waals surface area contributed by atoms with Crippen LogP contribution in [0, 0.1) is 5.92 Å². The Morgan fingerprint density at radius 2 is 1.88 bits per heavy atom. The van der Waals surface area contributed by atoms with Crippen LogP contribution in [0.3, 0.4) is 0 Å². The van der Waals surface area contributed by atoms with Crippen molar-refractivity contribution >= 4 is 30.1 Å². The third-order valence-corrected chi connectivity index (χ3v) is 6.76. The Bertz CT molecular complexity index is 519. The minimum absolute atomic E-state index is 0. The molecule has 2 fully saturated rings. The molecule has 0 saturated heterocycles. The Hall–Kier alpha value is -0.710. The normalized spacial score (nSPS) is 25.7. The van der Waals surface area contributed by atoms with Crippen molar-refractivity contribution < 1.29 is 4.79 Å². The maximum Gasteiger partial charge on any atom is 0.223 e. The number of halogens is 1. The van der Waals surface area contributed by atoms with Crippen LogP contribution >= 0.6 is 24.2 Å². The van der Waals surface area contributed by atoms with Gasteiger partial charge in [0.25, 0.3) is 0 Å². The first-order valence-electron chi connectivity index (χ1n) is 8.94. The lowest BCUT2D eigenvalue weighted by Crippen LogP contribution is -2.43. The second kappa shape index (κ2) is 9.12. The molecule has 0 spiro atoms. The van der Waals surface area contributed by atoms with Crippen molar-refractivity contribution in [1.82, 2.24) is 5.32 Å². The molecule has 2 saturated carbocycles. The van der Waals surface area contributed by atoms with E-state index in [0.717, 1.165) is 32.2 Å². The fourth-order valence-corrected chi connectivity index (χ4v) is 5.36. The van der Waals surface area contributed by atoms with Crippen LogP contribution in [0.2, 0.25) is 0 Å². The van der Waals surface area contributed by atoms with Crippen LogP contribution in [-0.2, 0) is 4.79 Å². The molecule has 1 aromatic rings. The lowest BCUT2D eigenvalue weighted by molar-refractivity contribution is -0.126. The van der Waals surface area contributed by atoms with E-state index in [2.05, 4.69) is 35.6 Å². The highest BCUT2D eigenvalue weighted by atomic mass is 35.5. The summed E-state index contributed by atoms with van der Waals surface area (Å²) in [6.07, 6.45) is 8.92. The first-order chi connectivity index (χ1) is 11.2. The maximum absolute atomic E-state index is 12.5. The van der Waals surface area contributed by atoms with Gasteiger partial charge in [-0.15, -0.1) is 24.2 Å². The number of benzene rings is 1. The van der Waals surface area contributed by atoms with Crippen LogP contribution in [0.1, 0.15) is 51.4 Å². The summed E-state index contributed by atoms with van der Waals surface area (Å²) in [5.41, 5.74) is 6.03. The summed E-state index contributed by atoms with van der Waals surface area (Å²) >= 11 is 1.95. The Morgan fingerprint density at radius 1 is 1.17 bits per heavy atom. The van der Waals surface area contributed by atoms with Gasteiger partial charge in [0.1, 0.15) is 0 Å². The SMILES string of the molecule is Cl.NC1CCCC(C(=O)NCC2(Sc3ccccc3)CCCC2)C1. The summed E-state index contributed by atoms with van der Waals surface area (Å²) in [7, 11) is 0. The van der Waals surface area contributed by atoms with Crippen LogP contribution in [0.25, 0.3) is 0 Å². The van der Waals surface area contributed by atoms with Crippen molar-refractivity contribution in [2.45, 2.75) is 67.1 Å². The molecule has 0 bridgehead atoms. The number of thioether (sulfide) groups is 1. The molecule has 2 unspecified atom stereocenters. The molecule has 1 amide bonds. The van der Waals surface area contributed by atoms with E-state index in [-0.39, 0.29) is 35.0 Å². The fraction of sp³-hybridized carbons (Fsp3) is 0.632. The van der Waals surface area contributed by atoms with E-state index < -0.39 is 0 Å². The third kappa shape index (κ3) is 5.14. The zero-order valence-corrected chi connectivity index (χ0v) is 15.8. The van der Waals surface area contributed by atoms with Gasteiger partial charge < -0.3 is 11.1 Å². The zero-order chi connectivity index (χ0) is 16.1. The van der Waals surface area contributed by atoms with Crippen LogP contribution in [-0.4, -0.2) is 23.2 Å². The Labute approximate surface area is 155 Å². The first kappa shape index (κ1) is 19.6. The van der Waals surface area contributed by atoms with Crippen LogP contribution < -0.4 is 11.1 Å². The molecule has 5 heteroatoms. The zero-order valence-electron chi connectivity index (χ0n) is 14.2. The van der Waals surface area contributed by atoms with E-state index in [9.17, 15) is 4.79 Å². The van der Waals surface area contributed by atoms with E-state index in [1.807, 2.05) is 11.8 Å². The number of carbonyl (C=O) groups excluding carboxylic acids is 1. The number of nitrogens with two attached hydrogens (primary N) is 1. The predicted molar refractivity (Wildman–Crippen MR) is 104 cm³/mol. The molecular weight excluding hydrogens is 340 g/mol. The molecule has 2 aliphatic carbocycles. The average molecular weight is 369 g/mol. The maximum atomic E-state index is 12.5. The molecule has 0 radical (unpaired) electrons. The third-order valence-electron chi connectivity index (χ3n) is 5.26. The molecule has 24 heavy (non-hydrogen) atoms. The molecule has 2 atom stereocenters. The lowest BCUT2D eigenvalue weighted by Gasteiger charge is -2.31. The molecule has 3 rings (SSSR count). The topological polar surface area (TPSA) is 55.1 Å². The van der Waals surface area contributed by atoms with E-state index in [4.69, 9.17) is 5.73 Å². The number of rotatable bonds is 5. The number of carbonyl (C=O) groups is 1. The number of hydrogen-bond acceptors (Lipinski definition) is 3. The summed E-state index contributed by atoms with van der Waals surface area (Å²) < 4.78 is 0.174. The summed E-state index contributed by atoms with van der Waals surface area (Å²) in [5, 5.41) is 3.26. The molecule has 3 nitrogen and oxygen atoms in total. The van der Waals surface area contributed by atoms with Gasteiger partial charge in [-0.1, -0.05) is 37.5 Å². The van der Waals surface area contributed by atoms with Crippen molar-refractivity contribution in [2.24, 2.45) is 11.7 Å². The summed E-state index contributed by atoms with van der Waals surface area (Å²) in [5.74, 6) is 0.346. The second-order valence-electron chi connectivity index (χ2n) is 7.15. The highest BCUT2D eigenvalue weighted by molar-refractivity contribution is 8.00. The summed E-state index contributed by atoms with van der Waals surface area (Å²) in [6.45, 7) is 0.789. The molecule has 2 aliphatic rings. The molecule has 1 aromatic carbocycles. The average Bonchev–Trinajstić information content (AvgIpc) is 3.02. The number of hydrogen-bond donors (Lipinski definition) is 2. The van der Waals surface area contributed by atoms with E-state index in [1.165, 1.54) is 30.6 Å². The molecular formula is C19H29ClN2OS. The standard InChI is InChI=1S/C19H28N2OS.ClH/c20-16-8-6-7-15(13-16)18(22)21-14-19(11-4-5-12-19)23-17-9-2-1-3-10-17;/h1-3,9-10,15-16H,4-8,11-14,20H2,(H,21,22);1H. The van der Waals surface area contributed by atoms with E-state index in [1.54, 1.807) is 0 Å². The van der Waals surface area contributed by atoms with Gasteiger partial charge in [-0.25, -0.2) is 0 Å². The van der Waals surface area contributed by atoms with Crippen molar-refractivity contribution in [1.29, 1.82) is 0 Å².